The van der Waals surface area contributed by atoms with Gasteiger partial charge in [-0.15, -0.1) is 0 Å². The van der Waals surface area contributed by atoms with Crippen molar-refractivity contribution < 1.29 is 9.90 Å². The molecule has 4 heteroatoms. The van der Waals surface area contributed by atoms with Gasteiger partial charge >= 0.3 is 0 Å². The molecule has 0 atom stereocenters. The molecule has 19 heavy (non-hydrogen) atoms. The normalized spacial score (nSPS) is 16.3. The molecule has 0 aliphatic heterocycles. The Bertz CT molecular complexity index is 411. The van der Waals surface area contributed by atoms with E-state index in [2.05, 4.69) is 9.88 Å². The molecule has 0 radical (unpaired) electrons. The van der Waals surface area contributed by atoms with Crippen LogP contribution in [0.1, 0.15) is 49.4 Å². The van der Waals surface area contributed by atoms with Gasteiger partial charge in [0.15, 0.2) is 5.78 Å². The Hall–Kier alpha value is -1.42. The number of ketones is 1. The molecule has 0 bridgehead atoms. The summed E-state index contributed by atoms with van der Waals surface area (Å²) in [6, 6.07) is 4.18. The monoisotopic (exact) mass is 262 g/mol. The molecule has 1 aromatic heterocycles. The Morgan fingerprint density at radius 3 is 2.63 bits per heavy atom. The van der Waals surface area contributed by atoms with Crippen molar-refractivity contribution in [3.63, 3.8) is 0 Å². The molecule has 0 spiro atoms. The molecule has 104 valence electrons. The van der Waals surface area contributed by atoms with Crippen LogP contribution in [0.25, 0.3) is 0 Å². The zero-order chi connectivity index (χ0) is 13.7. The molecular formula is C15H22N2O2. The topological polar surface area (TPSA) is 53.4 Å². The Morgan fingerprint density at radius 1 is 1.37 bits per heavy atom. The van der Waals surface area contributed by atoms with Gasteiger partial charge in [-0.2, -0.15) is 0 Å². The van der Waals surface area contributed by atoms with Gasteiger partial charge in [-0.1, -0.05) is 19.3 Å². The molecule has 1 aliphatic carbocycles. The van der Waals surface area contributed by atoms with E-state index in [1.807, 2.05) is 12.1 Å². The van der Waals surface area contributed by atoms with E-state index in [1.54, 1.807) is 13.1 Å². The summed E-state index contributed by atoms with van der Waals surface area (Å²) >= 11 is 0. The predicted octanol–water partition coefficient (Wildman–Crippen LogP) is 2.42. The van der Waals surface area contributed by atoms with Crippen molar-refractivity contribution in [1.29, 1.82) is 0 Å². The van der Waals surface area contributed by atoms with Gasteiger partial charge in [0.1, 0.15) is 5.82 Å². The third-order valence-electron chi connectivity index (χ3n) is 3.81. The highest BCUT2D eigenvalue weighted by atomic mass is 16.3. The summed E-state index contributed by atoms with van der Waals surface area (Å²) in [4.78, 5) is 17.8. The Balaban J connectivity index is 2.15. The maximum atomic E-state index is 11.3. The fraction of sp³-hybridized carbons (Fsp3) is 0.600. The summed E-state index contributed by atoms with van der Waals surface area (Å²) in [5, 5.41) is 9.25. The SMILES string of the molecule is CC(=O)c1ccc(N(CCO)C2CCCCC2)nc1. The summed E-state index contributed by atoms with van der Waals surface area (Å²) in [6.07, 6.45) is 7.76. The molecular weight excluding hydrogens is 240 g/mol. The number of Topliss-reactive ketones (excluding diaryl/α,β-unsaturated/α-hetero) is 1. The minimum Gasteiger partial charge on any atom is -0.395 e. The van der Waals surface area contributed by atoms with Crippen LogP contribution in [-0.4, -0.2) is 35.1 Å². The fourth-order valence-corrected chi connectivity index (χ4v) is 2.75. The van der Waals surface area contributed by atoms with Gasteiger partial charge < -0.3 is 10.0 Å². The number of aliphatic hydroxyl groups excluding tert-OH is 1. The third kappa shape index (κ3) is 3.53. The Kier molecular flexibility index (Phi) is 4.91. The number of aromatic nitrogens is 1. The summed E-state index contributed by atoms with van der Waals surface area (Å²) in [5.74, 6) is 0.899. The summed E-state index contributed by atoms with van der Waals surface area (Å²) in [5.41, 5.74) is 0.636. The lowest BCUT2D eigenvalue weighted by Gasteiger charge is -2.34. The maximum absolute atomic E-state index is 11.3. The van der Waals surface area contributed by atoms with E-state index in [0.717, 1.165) is 18.7 Å². The Morgan fingerprint density at radius 2 is 2.11 bits per heavy atom. The van der Waals surface area contributed by atoms with Crippen LogP contribution in [0.2, 0.25) is 0 Å². The molecule has 1 aromatic rings. The quantitative estimate of drug-likeness (QED) is 0.828. The van der Waals surface area contributed by atoms with Crippen LogP contribution in [0.4, 0.5) is 5.82 Å². The van der Waals surface area contributed by atoms with Crippen molar-refractivity contribution in [2.45, 2.75) is 45.1 Å². The number of hydrogen-bond donors (Lipinski definition) is 1. The van der Waals surface area contributed by atoms with Crippen molar-refractivity contribution in [3.05, 3.63) is 23.9 Å². The molecule has 1 saturated carbocycles. The van der Waals surface area contributed by atoms with Gasteiger partial charge in [0.05, 0.1) is 6.61 Å². The molecule has 0 saturated heterocycles. The first kappa shape index (κ1) is 14.0. The average molecular weight is 262 g/mol. The van der Waals surface area contributed by atoms with Crippen molar-refractivity contribution in [2.24, 2.45) is 0 Å². The molecule has 0 unspecified atom stereocenters. The number of pyridine rings is 1. The van der Waals surface area contributed by atoms with E-state index in [4.69, 9.17) is 0 Å². The first-order valence-electron chi connectivity index (χ1n) is 7.07. The van der Waals surface area contributed by atoms with Crippen LogP contribution in [-0.2, 0) is 0 Å². The number of nitrogens with zero attached hydrogens (tertiary/aromatic N) is 2. The van der Waals surface area contributed by atoms with Gasteiger partial charge in [-0.25, -0.2) is 4.98 Å². The Labute approximate surface area is 114 Å². The van der Waals surface area contributed by atoms with Gasteiger partial charge in [-0.05, 0) is 31.9 Å². The second kappa shape index (κ2) is 6.66. The zero-order valence-corrected chi connectivity index (χ0v) is 11.5. The van der Waals surface area contributed by atoms with Gasteiger partial charge in [-0.3, -0.25) is 4.79 Å². The predicted molar refractivity (Wildman–Crippen MR) is 75.5 cm³/mol. The van der Waals surface area contributed by atoms with Gasteiger partial charge in [0.25, 0.3) is 0 Å². The molecule has 0 aromatic carbocycles. The lowest BCUT2D eigenvalue weighted by atomic mass is 9.94. The van der Waals surface area contributed by atoms with E-state index < -0.39 is 0 Å². The molecule has 2 rings (SSSR count). The fourth-order valence-electron chi connectivity index (χ4n) is 2.75. The molecule has 1 N–H and O–H groups in total. The smallest absolute Gasteiger partial charge is 0.161 e. The highest BCUT2D eigenvalue weighted by Gasteiger charge is 2.21. The van der Waals surface area contributed by atoms with Crippen LogP contribution in [0.3, 0.4) is 0 Å². The van der Waals surface area contributed by atoms with E-state index in [-0.39, 0.29) is 12.4 Å². The van der Waals surface area contributed by atoms with Crippen LogP contribution in [0.5, 0.6) is 0 Å². The first-order valence-corrected chi connectivity index (χ1v) is 7.07. The maximum Gasteiger partial charge on any atom is 0.161 e. The van der Waals surface area contributed by atoms with Gasteiger partial charge in [0, 0.05) is 24.3 Å². The van der Waals surface area contributed by atoms with Crippen LogP contribution in [0, 0.1) is 0 Å². The van der Waals surface area contributed by atoms with E-state index in [0.29, 0.717) is 18.2 Å². The van der Waals surface area contributed by atoms with Crippen molar-refractivity contribution in [2.75, 3.05) is 18.1 Å². The molecule has 1 heterocycles. The second-order valence-corrected chi connectivity index (χ2v) is 5.17. The molecule has 4 nitrogen and oxygen atoms in total. The molecule has 1 aliphatic rings. The highest BCUT2D eigenvalue weighted by Crippen LogP contribution is 2.26. The van der Waals surface area contributed by atoms with E-state index >= 15 is 0 Å². The molecule has 1 fully saturated rings. The van der Waals surface area contributed by atoms with Crippen molar-refractivity contribution in [3.8, 4) is 0 Å². The third-order valence-corrected chi connectivity index (χ3v) is 3.81. The van der Waals surface area contributed by atoms with Crippen LogP contribution >= 0.6 is 0 Å². The first-order chi connectivity index (χ1) is 9.22. The molecule has 0 amide bonds. The number of hydrogen-bond acceptors (Lipinski definition) is 4. The lowest BCUT2D eigenvalue weighted by molar-refractivity contribution is 0.101. The summed E-state index contributed by atoms with van der Waals surface area (Å²) in [7, 11) is 0. The summed E-state index contributed by atoms with van der Waals surface area (Å²) in [6.45, 7) is 2.28. The minimum absolute atomic E-state index is 0.0328. The van der Waals surface area contributed by atoms with Crippen molar-refractivity contribution >= 4 is 11.6 Å². The highest BCUT2D eigenvalue weighted by molar-refractivity contribution is 5.93. The lowest BCUT2D eigenvalue weighted by Crippen LogP contribution is -2.39. The largest absolute Gasteiger partial charge is 0.395 e. The zero-order valence-electron chi connectivity index (χ0n) is 11.5. The summed E-state index contributed by atoms with van der Waals surface area (Å²) < 4.78 is 0. The van der Waals surface area contributed by atoms with E-state index in [9.17, 15) is 9.90 Å². The standard InChI is InChI=1S/C15H22N2O2/c1-12(19)13-7-8-15(16-11-13)17(9-10-18)14-5-3-2-4-6-14/h7-8,11,14,18H,2-6,9-10H2,1H3. The van der Waals surface area contributed by atoms with Gasteiger partial charge in [0.2, 0.25) is 0 Å². The minimum atomic E-state index is 0.0328. The second-order valence-electron chi connectivity index (χ2n) is 5.17. The van der Waals surface area contributed by atoms with Crippen LogP contribution in [0.15, 0.2) is 18.3 Å². The number of carbonyl (C=O) groups is 1. The number of carbonyl (C=O) groups excluding carboxylic acids is 1. The number of rotatable bonds is 5. The number of aliphatic hydroxyl groups is 1. The van der Waals surface area contributed by atoms with E-state index in [1.165, 1.54) is 19.3 Å². The van der Waals surface area contributed by atoms with Crippen molar-refractivity contribution in [1.82, 2.24) is 4.98 Å². The van der Waals surface area contributed by atoms with Crippen LogP contribution < -0.4 is 4.90 Å². The average Bonchev–Trinajstić information content (AvgIpc) is 2.46. The number of anilines is 1.